The van der Waals surface area contributed by atoms with Crippen molar-refractivity contribution in [3.8, 4) is 0 Å². The Morgan fingerprint density at radius 3 is 2.65 bits per heavy atom. The number of rotatable bonds is 8. The second-order valence-electron chi connectivity index (χ2n) is 10.2. The molecule has 31 heavy (non-hydrogen) atoms. The molecule has 1 aromatic carbocycles. The van der Waals surface area contributed by atoms with E-state index >= 15 is 0 Å². The molecule has 0 radical (unpaired) electrons. The molecule has 7 heteroatoms. The number of sulfonamides is 1. The Balaban J connectivity index is 1.50. The smallest absolute Gasteiger partial charge is 0.242 e. The number of aliphatic hydroxyl groups is 1. The summed E-state index contributed by atoms with van der Waals surface area (Å²) in [7, 11) is -3.69. The fourth-order valence-corrected chi connectivity index (χ4v) is 9.11. The quantitative estimate of drug-likeness (QED) is 0.658. The minimum Gasteiger partial charge on any atom is -0.390 e. The third kappa shape index (κ3) is 3.62. The number of ether oxygens (including phenoxy) is 1. The van der Waals surface area contributed by atoms with E-state index < -0.39 is 28.0 Å². The number of carbonyl (C=O) groups excluding carboxylic acids is 1. The molecule has 1 amide bonds. The lowest BCUT2D eigenvalue weighted by molar-refractivity contribution is -0.139. The number of nitrogens with zero attached hydrogens (tertiary/aromatic N) is 1. The van der Waals surface area contributed by atoms with E-state index in [1.807, 2.05) is 37.3 Å². The fourth-order valence-electron chi connectivity index (χ4n) is 6.52. The normalized spacial score (nSPS) is 32.1. The van der Waals surface area contributed by atoms with Gasteiger partial charge in [0.25, 0.3) is 0 Å². The first-order chi connectivity index (χ1) is 14.6. The standard InChI is InChI=1S/C24H35NO5S/c1-4-8-19(20(26)15-30-14-17-9-6-5-7-10-17)22(27)25-21-13-18-11-12-24(21,23(18,2)3)16-31(25,28)29/h5-7,9-10,18-21,26H,4,8,11-16H2,1-3H3/t18-,19-,20+,21-,24-/m0/s1. The first kappa shape index (κ1) is 22.7. The zero-order valence-electron chi connectivity index (χ0n) is 18.8. The van der Waals surface area contributed by atoms with Gasteiger partial charge in [-0.15, -0.1) is 0 Å². The van der Waals surface area contributed by atoms with E-state index in [2.05, 4.69) is 13.8 Å². The first-order valence-corrected chi connectivity index (χ1v) is 13.1. The summed E-state index contributed by atoms with van der Waals surface area (Å²) in [5.74, 6) is -0.706. The molecule has 1 spiro atoms. The van der Waals surface area contributed by atoms with Crippen LogP contribution in [0, 0.1) is 22.7 Å². The number of hydrogen-bond acceptors (Lipinski definition) is 5. The molecule has 1 aliphatic heterocycles. The molecule has 6 nitrogen and oxygen atoms in total. The zero-order chi connectivity index (χ0) is 22.4. The van der Waals surface area contributed by atoms with Gasteiger partial charge in [0.05, 0.1) is 37.0 Å². The van der Waals surface area contributed by atoms with Crippen molar-refractivity contribution < 1.29 is 23.1 Å². The molecule has 1 saturated heterocycles. The van der Waals surface area contributed by atoms with Gasteiger partial charge in [-0.2, -0.15) is 0 Å². The molecule has 3 fully saturated rings. The Hall–Kier alpha value is -1.44. The van der Waals surface area contributed by atoms with Gasteiger partial charge in [0.1, 0.15) is 0 Å². The van der Waals surface area contributed by atoms with Gasteiger partial charge >= 0.3 is 0 Å². The Morgan fingerprint density at radius 1 is 1.29 bits per heavy atom. The highest BCUT2D eigenvalue weighted by atomic mass is 32.2. The van der Waals surface area contributed by atoms with Crippen LogP contribution in [0.25, 0.3) is 0 Å². The predicted molar refractivity (Wildman–Crippen MR) is 118 cm³/mol. The Labute approximate surface area is 186 Å². The highest BCUT2D eigenvalue weighted by molar-refractivity contribution is 7.90. The van der Waals surface area contributed by atoms with Gasteiger partial charge in [0.2, 0.25) is 15.9 Å². The summed E-state index contributed by atoms with van der Waals surface area (Å²) >= 11 is 0. The van der Waals surface area contributed by atoms with Crippen LogP contribution in [0.1, 0.15) is 58.4 Å². The topological polar surface area (TPSA) is 83.9 Å². The van der Waals surface area contributed by atoms with Crippen LogP contribution in [-0.2, 0) is 26.2 Å². The number of amides is 1. The van der Waals surface area contributed by atoms with E-state index in [0.717, 1.165) is 24.8 Å². The van der Waals surface area contributed by atoms with E-state index in [9.17, 15) is 18.3 Å². The highest BCUT2D eigenvalue weighted by Gasteiger charge is 2.72. The van der Waals surface area contributed by atoms with E-state index in [1.54, 1.807) is 0 Å². The first-order valence-electron chi connectivity index (χ1n) is 11.5. The Bertz CT molecular complexity index is 915. The second-order valence-corrected chi connectivity index (χ2v) is 12.1. The molecular formula is C24H35NO5S. The van der Waals surface area contributed by atoms with Crippen molar-refractivity contribution in [2.45, 2.75) is 71.6 Å². The molecule has 1 heterocycles. The van der Waals surface area contributed by atoms with Crippen molar-refractivity contribution in [1.29, 1.82) is 0 Å². The van der Waals surface area contributed by atoms with Crippen LogP contribution in [0.5, 0.6) is 0 Å². The van der Waals surface area contributed by atoms with E-state index in [1.165, 1.54) is 4.31 Å². The average molecular weight is 450 g/mol. The maximum Gasteiger partial charge on any atom is 0.242 e. The molecular weight excluding hydrogens is 414 g/mol. The van der Waals surface area contributed by atoms with Gasteiger partial charge < -0.3 is 9.84 Å². The van der Waals surface area contributed by atoms with E-state index in [0.29, 0.717) is 25.4 Å². The number of fused-ring (bicyclic) bond motifs is 1. The molecule has 1 N–H and O–H groups in total. The molecule has 0 aromatic heterocycles. The van der Waals surface area contributed by atoms with E-state index in [4.69, 9.17) is 4.74 Å². The lowest BCUT2D eigenvalue weighted by Gasteiger charge is -2.37. The van der Waals surface area contributed by atoms with Gasteiger partial charge in [-0.3, -0.25) is 4.79 Å². The third-order valence-electron chi connectivity index (χ3n) is 8.41. The molecule has 2 bridgehead atoms. The van der Waals surface area contributed by atoms with Gasteiger partial charge in [0, 0.05) is 5.41 Å². The Kier molecular flexibility index (Phi) is 5.99. The summed E-state index contributed by atoms with van der Waals surface area (Å²) in [5.41, 5.74) is 0.552. The SMILES string of the molecule is CCC[C@H](C(=O)N1[C@H]2C[C@@H]3CC[C@@]2(CS1(=O)=O)C3(C)C)[C@H](O)COCc1ccccc1. The van der Waals surface area contributed by atoms with Crippen LogP contribution in [0.4, 0.5) is 0 Å². The van der Waals surface area contributed by atoms with Crippen LogP contribution < -0.4 is 0 Å². The van der Waals surface area contributed by atoms with Gasteiger partial charge in [-0.1, -0.05) is 57.5 Å². The molecule has 5 atom stereocenters. The molecule has 2 aliphatic carbocycles. The summed E-state index contributed by atoms with van der Waals surface area (Å²) in [6, 6.07) is 9.37. The van der Waals surface area contributed by atoms with Crippen molar-refractivity contribution in [3.63, 3.8) is 0 Å². The van der Waals surface area contributed by atoms with Crippen LogP contribution in [0.3, 0.4) is 0 Å². The van der Waals surface area contributed by atoms with Crippen molar-refractivity contribution in [2.24, 2.45) is 22.7 Å². The summed E-state index contributed by atoms with van der Waals surface area (Å²) < 4.78 is 33.3. The lowest BCUT2D eigenvalue weighted by atomic mass is 9.69. The maximum atomic E-state index is 13.6. The number of hydrogen-bond donors (Lipinski definition) is 1. The third-order valence-corrected chi connectivity index (χ3v) is 10.3. The van der Waals surface area contributed by atoms with Gasteiger partial charge in [-0.25, -0.2) is 12.7 Å². The number of aliphatic hydroxyl groups excluding tert-OH is 1. The molecule has 0 unspecified atom stereocenters. The van der Waals surface area contributed by atoms with Crippen molar-refractivity contribution in [1.82, 2.24) is 4.31 Å². The molecule has 1 aromatic rings. The minimum absolute atomic E-state index is 0.00309. The van der Waals surface area contributed by atoms with Gasteiger partial charge in [-0.05, 0) is 42.6 Å². The summed E-state index contributed by atoms with van der Waals surface area (Å²) in [5, 5.41) is 10.8. The van der Waals surface area contributed by atoms with Crippen LogP contribution in [0.2, 0.25) is 0 Å². The summed E-state index contributed by atoms with van der Waals surface area (Å²) in [6.07, 6.45) is 2.73. The number of carbonyl (C=O) groups is 1. The van der Waals surface area contributed by atoms with E-state index in [-0.39, 0.29) is 29.2 Å². The second kappa shape index (κ2) is 8.16. The highest BCUT2D eigenvalue weighted by Crippen LogP contribution is 2.70. The monoisotopic (exact) mass is 449 g/mol. The van der Waals surface area contributed by atoms with Crippen LogP contribution in [0.15, 0.2) is 30.3 Å². The molecule has 3 aliphatic rings. The van der Waals surface area contributed by atoms with Crippen molar-refractivity contribution in [3.05, 3.63) is 35.9 Å². The average Bonchev–Trinajstić information content (AvgIpc) is 3.20. The van der Waals surface area contributed by atoms with Crippen molar-refractivity contribution in [2.75, 3.05) is 12.4 Å². The minimum atomic E-state index is -3.69. The van der Waals surface area contributed by atoms with Crippen molar-refractivity contribution >= 4 is 15.9 Å². The lowest BCUT2D eigenvalue weighted by Crippen LogP contribution is -2.49. The number of benzene rings is 1. The predicted octanol–water partition coefficient (Wildman–Crippen LogP) is 3.35. The summed E-state index contributed by atoms with van der Waals surface area (Å²) in [4.78, 5) is 13.6. The molecule has 2 saturated carbocycles. The maximum absolute atomic E-state index is 13.6. The largest absolute Gasteiger partial charge is 0.390 e. The Morgan fingerprint density at radius 2 is 2.00 bits per heavy atom. The molecule has 172 valence electrons. The van der Waals surface area contributed by atoms with Crippen LogP contribution >= 0.6 is 0 Å². The van der Waals surface area contributed by atoms with Gasteiger partial charge in [0.15, 0.2) is 0 Å². The van der Waals surface area contributed by atoms with Crippen LogP contribution in [-0.4, -0.2) is 48.2 Å². The molecule has 4 rings (SSSR count). The fraction of sp³-hybridized carbons (Fsp3) is 0.708. The zero-order valence-corrected chi connectivity index (χ0v) is 19.6. The summed E-state index contributed by atoms with van der Waals surface area (Å²) in [6.45, 7) is 6.63.